The summed E-state index contributed by atoms with van der Waals surface area (Å²) >= 11 is 13.8. The molecular weight excluding hydrogens is 403 g/mol. The molecule has 27 heavy (non-hydrogen) atoms. The summed E-state index contributed by atoms with van der Waals surface area (Å²) in [5.41, 5.74) is 3.69. The maximum atomic E-state index is 12.4. The second-order valence-electron chi connectivity index (χ2n) is 6.14. The number of amides is 1. The van der Waals surface area contributed by atoms with Crippen LogP contribution in [0.2, 0.25) is 10.0 Å². The van der Waals surface area contributed by atoms with E-state index in [4.69, 9.17) is 28.6 Å². The SMILES string of the molecule is Cc1cc(C=C2C(=N)N3C=CSC3=NC2=O)c(C)n1-c1cc(Cl)ccc1Cl. The monoisotopic (exact) mass is 416 g/mol. The highest BCUT2D eigenvalue weighted by atomic mass is 35.5. The lowest BCUT2D eigenvalue weighted by Gasteiger charge is -2.22. The molecule has 0 unspecified atom stereocenters. The number of thioether (sulfide) groups is 1. The van der Waals surface area contributed by atoms with Crippen LogP contribution in [-0.4, -0.2) is 26.4 Å². The molecule has 2 aliphatic heterocycles. The Balaban J connectivity index is 1.82. The van der Waals surface area contributed by atoms with Gasteiger partial charge in [0.15, 0.2) is 5.17 Å². The zero-order valence-electron chi connectivity index (χ0n) is 14.5. The molecule has 1 aromatic heterocycles. The summed E-state index contributed by atoms with van der Waals surface area (Å²) in [7, 11) is 0. The number of nitrogens with zero attached hydrogens (tertiary/aromatic N) is 3. The van der Waals surface area contributed by atoms with E-state index < -0.39 is 5.91 Å². The Labute approximate surface area is 170 Å². The summed E-state index contributed by atoms with van der Waals surface area (Å²) in [6.45, 7) is 3.89. The van der Waals surface area contributed by atoms with Gasteiger partial charge in [0.2, 0.25) is 0 Å². The molecule has 2 aliphatic rings. The number of benzene rings is 1. The van der Waals surface area contributed by atoms with Crippen molar-refractivity contribution in [2.45, 2.75) is 13.8 Å². The van der Waals surface area contributed by atoms with E-state index in [1.807, 2.05) is 24.5 Å². The van der Waals surface area contributed by atoms with E-state index in [0.717, 1.165) is 22.6 Å². The third kappa shape index (κ3) is 3.04. The maximum Gasteiger partial charge on any atom is 0.283 e. The second kappa shape index (κ2) is 6.71. The molecule has 3 heterocycles. The van der Waals surface area contributed by atoms with Gasteiger partial charge in [0.25, 0.3) is 5.91 Å². The van der Waals surface area contributed by atoms with Crippen molar-refractivity contribution in [1.29, 1.82) is 5.41 Å². The highest BCUT2D eigenvalue weighted by molar-refractivity contribution is 8.16. The molecule has 136 valence electrons. The Hall–Kier alpha value is -2.28. The predicted molar refractivity (Wildman–Crippen MR) is 112 cm³/mol. The standard InChI is InChI=1S/C19H14Cl2N4OS/c1-10-7-12(11(2)25(10)16-9-13(20)3-4-15(16)21)8-14-17(22)24-5-6-27-19(24)23-18(14)26/h3-9,22H,1-2H3. The van der Waals surface area contributed by atoms with E-state index >= 15 is 0 Å². The van der Waals surface area contributed by atoms with Gasteiger partial charge in [0.05, 0.1) is 16.3 Å². The number of carbonyl (C=O) groups excluding carboxylic acids is 1. The molecule has 0 spiro atoms. The normalized spacial score (nSPS) is 17.7. The zero-order chi connectivity index (χ0) is 19.3. The molecule has 0 saturated heterocycles. The van der Waals surface area contributed by atoms with E-state index in [2.05, 4.69) is 4.99 Å². The van der Waals surface area contributed by atoms with Gasteiger partial charge in [-0.2, -0.15) is 4.99 Å². The first-order valence-electron chi connectivity index (χ1n) is 8.07. The van der Waals surface area contributed by atoms with Gasteiger partial charge in [-0.15, -0.1) is 0 Å². The smallest absolute Gasteiger partial charge is 0.283 e. The molecule has 1 N–H and O–H groups in total. The maximum absolute atomic E-state index is 12.4. The molecule has 5 nitrogen and oxygen atoms in total. The predicted octanol–water partition coefficient (Wildman–Crippen LogP) is 5.18. The molecule has 0 atom stereocenters. The summed E-state index contributed by atoms with van der Waals surface area (Å²) in [6.07, 6.45) is 3.44. The van der Waals surface area contributed by atoms with Crippen LogP contribution in [0.4, 0.5) is 0 Å². The number of halogens is 2. The number of nitrogens with one attached hydrogen (secondary N) is 1. The van der Waals surface area contributed by atoms with Crippen LogP contribution in [0.1, 0.15) is 17.0 Å². The van der Waals surface area contributed by atoms with E-state index in [9.17, 15) is 4.79 Å². The van der Waals surface area contributed by atoms with Gasteiger partial charge in [-0.3, -0.25) is 15.1 Å². The van der Waals surface area contributed by atoms with Gasteiger partial charge >= 0.3 is 0 Å². The minimum Gasteiger partial charge on any atom is -0.316 e. The number of rotatable bonds is 2. The van der Waals surface area contributed by atoms with Crippen molar-refractivity contribution in [2.75, 3.05) is 0 Å². The zero-order valence-corrected chi connectivity index (χ0v) is 16.8. The minimum atomic E-state index is -0.409. The van der Waals surface area contributed by atoms with Crippen molar-refractivity contribution >= 4 is 58.0 Å². The molecule has 4 rings (SSSR count). The quantitative estimate of drug-likeness (QED) is 0.686. The lowest BCUT2D eigenvalue weighted by atomic mass is 10.1. The average molecular weight is 417 g/mol. The first-order chi connectivity index (χ1) is 12.9. The van der Waals surface area contributed by atoms with Crippen LogP contribution >= 0.6 is 35.0 Å². The first kappa shape index (κ1) is 18.1. The van der Waals surface area contributed by atoms with E-state index in [-0.39, 0.29) is 11.4 Å². The Kier molecular flexibility index (Phi) is 4.50. The molecule has 0 aliphatic carbocycles. The Bertz CT molecular complexity index is 1100. The number of hydrogen-bond acceptors (Lipinski definition) is 3. The molecule has 1 amide bonds. The lowest BCUT2D eigenvalue weighted by Crippen LogP contribution is -2.35. The van der Waals surface area contributed by atoms with Crippen molar-refractivity contribution in [3.8, 4) is 5.69 Å². The fourth-order valence-electron chi connectivity index (χ4n) is 3.15. The van der Waals surface area contributed by atoms with Gasteiger partial charge in [0, 0.05) is 22.6 Å². The Morgan fingerprint density at radius 2 is 2.00 bits per heavy atom. The molecule has 0 bridgehead atoms. The van der Waals surface area contributed by atoms with Crippen LogP contribution < -0.4 is 0 Å². The number of aliphatic imine (C=N–C) groups is 1. The topological polar surface area (TPSA) is 61.5 Å². The van der Waals surface area contributed by atoms with Crippen molar-refractivity contribution < 1.29 is 4.79 Å². The van der Waals surface area contributed by atoms with Crippen molar-refractivity contribution in [1.82, 2.24) is 9.47 Å². The van der Waals surface area contributed by atoms with Crippen LogP contribution in [0.25, 0.3) is 11.8 Å². The number of amidine groups is 2. The largest absolute Gasteiger partial charge is 0.316 e. The minimum absolute atomic E-state index is 0.122. The van der Waals surface area contributed by atoms with Crippen molar-refractivity contribution in [2.24, 2.45) is 4.99 Å². The number of aryl methyl sites for hydroxylation is 1. The molecular formula is C19H14Cl2N4OS. The molecule has 2 aromatic rings. The molecule has 1 aromatic carbocycles. The van der Waals surface area contributed by atoms with E-state index in [1.165, 1.54) is 11.8 Å². The molecule has 0 saturated carbocycles. The van der Waals surface area contributed by atoms with Crippen LogP contribution in [0.5, 0.6) is 0 Å². The van der Waals surface area contributed by atoms with E-state index in [1.54, 1.807) is 40.8 Å². The summed E-state index contributed by atoms with van der Waals surface area (Å²) < 4.78 is 1.98. The van der Waals surface area contributed by atoms with Gasteiger partial charge in [-0.25, -0.2) is 0 Å². The van der Waals surface area contributed by atoms with Gasteiger partial charge in [-0.1, -0.05) is 35.0 Å². The Morgan fingerprint density at radius 3 is 2.78 bits per heavy atom. The highest BCUT2D eigenvalue weighted by Crippen LogP contribution is 2.31. The lowest BCUT2D eigenvalue weighted by molar-refractivity contribution is -0.114. The van der Waals surface area contributed by atoms with Crippen LogP contribution in [0, 0.1) is 19.3 Å². The Morgan fingerprint density at radius 1 is 1.22 bits per heavy atom. The summed E-state index contributed by atoms with van der Waals surface area (Å²) in [4.78, 5) is 18.1. The fraction of sp³-hybridized carbons (Fsp3) is 0.105. The average Bonchev–Trinajstić information content (AvgIpc) is 3.19. The third-order valence-electron chi connectivity index (χ3n) is 4.43. The fourth-order valence-corrected chi connectivity index (χ4v) is 4.22. The van der Waals surface area contributed by atoms with Gasteiger partial charge < -0.3 is 4.57 Å². The van der Waals surface area contributed by atoms with Crippen LogP contribution in [0.15, 0.2) is 46.4 Å². The van der Waals surface area contributed by atoms with Crippen LogP contribution in [-0.2, 0) is 4.79 Å². The summed E-state index contributed by atoms with van der Waals surface area (Å²) in [6, 6.07) is 7.25. The first-order valence-corrected chi connectivity index (χ1v) is 9.71. The van der Waals surface area contributed by atoms with Crippen molar-refractivity contribution in [3.63, 3.8) is 0 Å². The number of hydrogen-bond donors (Lipinski definition) is 1. The van der Waals surface area contributed by atoms with E-state index in [0.29, 0.717) is 15.2 Å². The van der Waals surface area contributed by atoms with Gasteiger partial charge in [0.1, 0.15) is 5.84 Å². The highest BCUT2D eigenvalue weighted by Gasteiger charge is 2.31. The second-order valence-corrected chi connectivity index (χ2v) is 7.85. The molecule has 0 fully saturated rings. The third-order valence-corrected chi connectivity index (χ3v) is 5.74. The van der Waals surface area contributed by atoms with Crippen LogP contribution in [0.3, 0.4) is 0 Å². The molecule has 8 heteroatoms. The van der Waals surface area contributed by atoms with Crippen molar-refractivity contribution in [3.05, 3.63) is 68.4 Å². The summed E-state index contributed by atoms with van der Waals surface area (Å²) in [5, 5.41) is 11.8. The number of carbonyl (C=O) groups is 1. The number of fused-ring (bicyclic) bond motifs is 1. The summed E-state index contributed by atoms with van der Waals surface area (Å²) in [5.74, 6) is -0.287. The number of aromatic nitrogens is 1. The molecule has 0 radical (unpaired) electrons. The van der Waals surface area contributed by atoms with Gasteiger partial charge in [-0.05, 0) is 55.2 Å².